The number of likely N-dealkylation sites (tertiary alicyclic amines) is 1. The fourth-order valence-corrected chi connectivity index (χ4v) is 7.14. The third-order valence-corrected chi connectivity index (χ3v) is 10.0. The normalized spacial score (nSPS) is 15.8. The van der Waals surface area contributed by atoms with E-state index in [1.807, 2.05) is 42.6 Å². The van der Waals surface area contributed by atoms with Crippen molar-refractivity contribution in [1.29, 1.82) is 0 Å². The lowest BCUT2D eigenvalue weighted by Crippen LogP contribution is -2.45. The van der Waals surface area contributed by atoms with Crippen LogP contribution in [0.4, 0.5) is 10.2 Å². The quantitative estimate of drug-likeness (QED) is 0.184. The van der Waals surface area contributed by atoms with Crippen molar-refractivity contribution in [2.75, 3.05) is 31.1 Å². The van der Waals surface area contributed by atoms with Crippen LogP contribution in [0.2, 0.25) is 0 Å². The fraction of sp³-hybridized carbons (Fsp3) is 0.293. The minimum Gasteiger partial charge on any atom is -0.356 e. The van der Waals surface area contributed by atoms with Crippen LogP contribution in [0.3, 0.4) is 0 Å². The summed E-state index contributed by atoms with van der Waals surface area (Å²) >= 11 is 0. The second kappa shape index (κ2) is 15.6. The van der Waals surface area contributed by atoms with Crippen molar-refractivity contribution in [3.63, 3.8) is 0 Å². The Morgan fingerprint density at radius 1 is 0.745 bits per heavy atom. The van der Waals surface area contributed by atoms with Crippen molar-refractivity contribution in [3.05, 3.63) is 132 Å². The molecule has 0 bridgehead atoms. The highest BCUT2D eigenvalue weighted by Gasteiger charge is 2.25. The van der Waals surface area contributed by atoms with Gasteiger partial charge in [0.05, 0.1) is 0 Å². The number of nitrogens with one attached hydrogen (secondary N) is 2. The van der Waals surface area contributed by atoms with E-state index in [1.165, 1.54) is 6.07 Å². The van der Waals surface area contributed by atoms with E-state index in [2.05, 4.69) is 42.5 Å². The summed E-state index contributed by atoms with van der Waals surface area (Å²) in [6.45, 7) is 5.97. The van der Waals surface area contributed by atoms with E-state index in [0.29, 0.717) is 27.8 Å². The zero-order valence-electron chi connectivity index (χ0n) is 28.8. The van der Waals surface area contributed by atoms with E-state index in [4.69, 9.17) is 4.98 Å². The number of benzene rings is 2. The first kappa shape index (κ1) is 34.0. The number of carbonyl (C=O) groups excluding carboxylic acids is 2. The molecule has 2 aliphatic rings. The Bertz CT molecular complexity index is 1960. The second-order valence-corrected chi connectivity index (χ2v) is 13.4. The number of piperidine rings is 2. The lowest BCUT2D eigenvalue weighted by molar-refractivity contribution is 0.0905. The summed E-state index contributed by atoms with van der Waals surface area (Å²) in [5, 5.41) is 6.41. The van der Waals surface area contributed by atoms with Crippen molar-refractivity contribution in [3.8, 4) is 22.3 Å². The molecule has 51 heavy (non-hydrogen) atoms. The van der Waals surface area contributed by atoms with Crippen LogP contribution >= 0.6 is 0 Å². The Kier molecular flexibility index (Phi) is 10.4. The lowest BCUT2D eigenvalue weighted by atomic mass is 9.95. The number of carbonyl (C=O) groups is 2. The number of aromatic nitrogens is 3. The lowest BCUT2D eigenvalue weighted by Gasteiger charge is -2.34. The van der Waals surface area contributed by atoms with Crippen LogP contribution in [0.1, 0.15) is 57.5 Å². The predicted molar refractivity (Wildman–Crippen MR) is 197 cm³/mol. The van der Waals surface area contributed by atoms with Crippen molar-refractivity contribution in [1.82, 2.24) is 30.5 Å². The van der Waals surface area contributed by atoms with E-state index in [0.717, 1.165) is 80.9 Å². The Morgan fingerprint density at radius 3 is 2.08 bits per heavy atom. The van der Waals surface area contributed by atoms with E-state index < -0.39 is 0 Å². The summed E-state index contributed by atoms with van der Waals surface area (Å²) in [6.07, 6.45) is 12.2. The van der Waals surface area contributed by atoms with E-state index in [9.17, 15) is 14.0 Å². The third kappa shape index (κ3) is 8.13. The molecule has 5 heterocycles. The number of pyridine rings is 3. The van der Waals surface area contributed by atoms with Crippen LogP contribution in [0.15, 0.2) is 104 Å². The summed E-state index contributed by atoms with van der Waals surface area (Å²) in [5.41, 5.74) is 5.94. The molecule has 10 heteroatoms. The number of anilines is 1. The molecule has 3 aromatic heterocycles. The van der Waals surface area contributed by atoms with E-state index in [1.54, 1.807) is 49.9 Å². The average Bonchev–Trinajstić information content (AvgIpc) is 3.17. The standard InChI is InChI=1S/C41H42FN7O2/c1-28-36(10-11-37(42)39(28)33-8-4-18-44-26-33)41(51)47-34-13-19-48(20-14-34)27-29-9-12-38(45-24-29)49-21-15-35(16-22-49)46-40(50)31-6-2-5-30(23-31)32-7-3-17-43-25-32/h2-12,17-18,23-26,34-35H,13-16,19-22,27H2,1H3,(H,46,50)(H,47,51). The maximum atomic E-state index is 14.7. The van der Waals surface area contributed by atoms with Crippen molar-refractivity contribution in [2.45, 2.75) is 51.2 Å². The molecule has 260 valence electrons. The number of hydrogen-bond acceptors (Lipinski definition) is 7. The fourth-order valence-electron chi connectivity index (χ4n) is 7.14. The van der Waals surface area contributed by atoms with Gasteiger partial charge in [-0.05, 0) is 91.8 Å². The van der Waals surface area contributed by atoms with E-state index in [-0.39, 0.29) is 29.7 Å². The van der Waals surface area contributed by atoms with Gasteiger partial charge in [0, 0.05) is 104 Å². The number of nitrogens with zero attached hydrogens (tertiary/aromatic N) is 5. The number of halogens is 1. The summed E-state index contributed by atoms with van der Waals surface area (Å²) in [7, 11) is 0. The van der Waals surface area contributed by atoms with Crippen LogP contribution < -0.4 is 15.5 Å². The molecular formula is C41H42FN7O2. The molecular weight excluding hydrogens is 641 g/mol. The van der Waals surface area contributed by atoms with Crippen LogP contribution in [-0.4, -0.2) is 69.9 Å². The molecule has 2 fully saturated rings. The zero-order chi connectivity index (χ0) is 35.2. The summed E-state index contributed by atoms with van der Waals surface area (Å²) in [5.74, 6) is 0.371. The highest BCUT2D eigenvalue weighted by molar-refractivity contribution is 5.98. The molecule has 0 radical (unpaired) electrons. The minimum absolute atomic E-state index is 0.0496. The van der Waals surface area contributed by atoms with Gasteiger partial charge in [-0.1, -0.05) is 30.3 Å². The first-order valence-electron chi connectivity index (χ1n) is 17.6. The first-order valence-corrected chi connectivity index (χ1v) is 17.6. The molecule has 2 amide bonds. The number of amides is 2. The molecule has 2 saturated heterocycles. The topological polar surface area (TPSA) is 103 Å². The second-order valence-electron chi connectivity index (χ2n) is 13.4. The van der Waals surface area contributed by atoms with Gasteiger partial charge in [0.25, 0.3) is 11.8 Å². The highest BCUT2D eigenvalue weighted by atomic mass is 19.1. The van der Waals surface area contributed by atoms with Gasteiger partial charge in [-0.15, -0.1) is 0 Å². The van der Waals surface area contributed by atoms with Gasteiger partial charge < -0.3 is 15.5 Å². The maximum Gasteiger partial charge on any atom is 0.251 e. The van der Waals surface area contributed by atoms with Crippen LogP contribution in [0.25, 0.3) is 22.3 Å². The summed E-state index contributed by atoms with van der Waals surface area (Å²) in [4.78, 5) is 44.1. The van der Waals surface area contributed by atoms with Crippen molar-refractivity contribution < 1.29 is 14.0 Å². The van der Waals surface area contributed by atoms with Crippen LogP contribution in [0, 0.1) is 12.7 Å². The van der Waals surface area contributed by atoms with Gasteiger partial charge >= 0.3 is 0 Å². The van der Waals surface area contributed by atoms with E-state index >= 15 is 0 Å². The van der Waals surface area contributed by atoms with Gasteiger partial charge in [-0.2, -0.15) is 0 Å². The number of rotatable bonds is 9. The number of hydrogen-bond donors (Lipinski definition) is 2. The monoisotopic (exact) mass is 683 g/mol. The minimum atomic E-state index is -0.362. The molecule has 7 rings (SSSR count). The first-order chi connectivity index (χ1) is 24.9. The molecule has 0 saturated carbocycles. The highest BCUT2D eigenvalue weighted by Crippen LogP contribution is 2.29. The van der Waals surface area contributed by atoms with Crippen LogP contribution in [0.5, 0.6) is 0 Å². The molecule has 2 N–H and O–H groups in total. The largest absolute Gasteiger partial charge is 0.356 e. The zero-order valence-corrected chi connectivity index (χ0v) is 28.8. The molecule has 2 aliphatic heterocycles. The summed E-state index contributed by atoms with van der Waals surface area (Å²) < 4.78 is 14.7. The molecule has 0 aliphatic carbocycles. The third-order valence-electron chi connectivity index (χ3n) is 10.0. The van der Waals surface area contributed by atoms with Crippen molar-refractivity contribution >= 4 is 17.6 Å². The van der Waals surface area contributed by atoms with Crippen molar-refractivity contribution in [2.24, 2.45) is 0 Å². The Hall–Kier alpha value is -5.48. The smallest absolute Gasteiger partial charge is 0.251 e. The van der Waals surface area contributed by atoms with Gasteiger partial charge in [0.15, 0.2) is 0 Å². The molecule has 0 spiro atoms. The van der Waals surface area contributed by atoms with Gasteiger partial charge in [0.2, 0.25) is 0 Å². The molecule has 0 unspecified atom stereocenters. The average molecular weight is 684 g/mol. The summed E-state index contributed by atoms with van der Waals surface area (Å²) in [6, 6.07) is 22.5. The predicted octanol–water partition coefficient (Wildman–Crippen LogP) is 6.45. The van der Waals surface area contributed by atoms with Crippen LogP contribution in [-0.2, 0) is 6.54 Å². The van der Waals surface area contributed by atoms with Gasteiger partial charge in [0.1, 0.15) is 11.6 Å². The Balaban J connectivity index is 0.857. The maximum absolute atomic E-state index is 14.7. The Morgan fingerprint density at radius 2 is 1.41 bits per heavy atom. The molecule has 5 aromatic rings. The SMILES string of the molecule is Cc1c(C(=O)NC2CCN(Cc3ccc(N4CCC(NC(=O)c5cccc(-c6cccnc6)c5)CC4)nc3)CC2)ccc(F)c1-c1cccnc1. The Labute approximate surface area is 298 Å². The van der Waals surface area contributed by atoms with Gasteiger partial charge in [-0.25, -0.2) is 9.37 Å². The molecule has 2 aromatic carbocycles. The van der Waals surface area contributed by atoms with Gasteiger partial charge in [-0.3, -0.25) is 24.5 Å². The molecule has 9 nitrogen and oxygen atoms in total. The molecule has 0 atom stereocenters.